The first-order valence-corrected chi connectivity index (χ1v) is 7.83. The van der Waals surface area contributed by atoms with Crippen molar-refractivity contribution in [2.75, 3.05) is 24.8 Å². The van der Waals surface area contributed by atoms with Gasteiger partial charge in [-0.2, -0.15) is 0 Å². The smallest absolute Gasteiger partial charge is 0.247 e. The van der Waals surface area contributed by atoms with E-state index in [9.17, 15) is 18.3 Å². The van der Waals surface area contributed by atoms with Gasteiger partial charge in [-0.25, -0.2) is 8.42 Å². The third-order valence-electron chi connectivity index (χ3n) is 3.15. The first kappa shape index (κ1) is 14.8. The van der Waals surface area contributed by atoms with Gasteiger partial charge in [0.2, 0.25) is 5.91 Å². The van der Waals surface area contributed by atoms with Crippen molar-refractivity contribution in [3.63, 3.8) is 0 Å². The number of anilines is 1. The van der Waals surface area contributed by atoms with Crippen LogP contribution in [0.5, 0.6) is 5.75 Å². The fraction of sp³-hybridized carbons (Fsp3) is 0.417. The Kier molecular flexibility index (Phi) is 3.72. The minimum Gasteiger partial charge on any atom is -0.506 e. The molecule has 7 nitrogen and oxygen atoms in total. The molecule has 0 saturated carbocycles. The van der Waals surface area contributed by atoms with Crippen LogP contribution in [0.1, 0.15) is 6.42 Å². The van der Waals surface area contributed by atoms with Crippen LogP contribution >= 0.6 is 0 Å². The van der Waals surface area contributed by atoms with Crippen LogP contribution in [0.2, 0.25) is 0 Å². The third-order valence-corrected chi connectivity index (χ3v) is 4.26. The maximum Gasteiger partial charge on any atom is 0.247 e. The van der Waals surface area contributed by atoms with E-state index in [-0.39, 0.29) is 22.9 Å². The molecule has 0 radical (unpaired) electrons. The molecule has 0 aliphatic carbocycles. The van der Waals surface area contributed by atoms with Crippen molar-refractivity contribution in [3.05, 3.63) is 18.2 Å². The van der Waals surface area contributed by atoms with Crippen molar-refractivity contribution in [1.29, 1.82) is 0 Å². The highest BCUT2D eigenvalue weighted by atomic mass is 32.2. The number of sulfone groups is 1. The van der Waals surface area contributed by atoms with Gasteiger partial charge in [0.05, 0.1) is 17.2 Å². The normalized spacial score (nSPS) is 22.7. The number of aromatic hydroxyl groups is 1. The molecule has 1 atom stereocenters. The number of nitrogens with two attached hydrogens (primary N) is 1. The lowest BCUT2D eigenvalue weighted by atomic mass is 9.99. The van der Waals surface area contributed by atoms with Crippen LogP contribution in [0.3, 0.4) is 0 Å². The van der Waals surface area contributed by atoms with Crippen molar-refractivity contribution in [1.82, 2.24) is 0 Å². The summed E-state index contributed by atoms with van der Waals surface area (Å²) in [6, 6.07) is 3.67. The van der Waals surface area contributed by atoms with E-state index in [0.717, 1.165) is 6.26 Å². The second-order valence-electron chi connectivity index (χ2n) is 4.86. The Morgan fingerprint density at radius 3 is 2.75 bits per heavy atom. The predicted octanol–water partition coefficient (Wildman–Crippen LogP) is -0.148. The number of ether oxygens (including phenoxy) is 1. The van der Waals surface area contributed by atoms with E-state index in [1.807, 2.05) is 0 Å². The van der Waals surface area contributed by atoms with Gasteiger partial charge in [-0.3, -0.25) is 4.79 Å². The van der Waals surface area contributed by atoms with Gasteiger partial charge < -0.3 is 20.9 Å². The molecule has 1 unspecified atom stereocenters. The van der Waals surface area contributed by atoms with Gasteiger partial charge >= 0.3 is 0 Å². The van der Waals surface area contributed by atoms with Crippen molar-refractivity contribution in [2.24, 2.45) is 5.73 Å². The first-order chi connectivity index (χ1) is 9.22. The molecular weight excluding hydrogens is 284 g/mol. The van der Waals surface area contributed by atoms with E-state index in [0.29, 0.717) is 13.0 Å². The van der Waals surface area contributed by atoms with Gasteiger partial charge in [-0.15, -0.1) is 0 Å². The van der Waals surface area contributed by atoms with Crippen LogP contribution in [-0.2, 0) is 19.4 Å². The van der Waals surface area contributed by atoms with Crippen molar-refractivity contribution in [3.8, 4) is 5.75 Å². The number of rotatable bonds is 3. The molecule has 1 aromatic rings. The Morgan fingerprint density at radius 2 is 2.20 bits per heavy atom. The fourth-order valence-corrected chi connectivity index (χ4v) is 2.50. The van der Waals surface area contributed by atoms with E-state index in [4.69, 9.17) is 10.5 Å². The number of phenols is 1. The van der Waals surface area contributed by atoms with Gasteiger partial charge in [0, 0.05) is 12.9 Å². The van der Waals surface area contributed by atoms with E-state index in [1.54, 1.807) is 0 Å². The van der Waals surface area contributed by atoms with Gasteiger partial charge in [0.15, 0.2) is 9.84 Å². The summed E-state index contributed by atoms with van der Waals surface area (Å²) in [4.78, 5) is 12.1. The average Bonchev–Trinajstić information content (AvgIpc) is 2.79. The molecule has 1 aliphatic heterocycles. The summed E-state index contributed by atoms with van der Waals surface area (Å²) in [6.07, 6.45) is 1.41. The minimum atomic E-state index is -3.43. The molecule has 0 aromatic heterocycles. The third kappa shape index (κ3) is 2.92. The molecule has 20 heavy (non-hydrogen) atoms. The molecule has 110 valence electrons. The van der Waals surface area contributed by atoms with Crippen molar-refractivity contribution >= 4 is 21.4 Å². The lowest BCUT2D eigenvalue weighted by Gasteiger charge is -2.21. The summed E-state index contributed by atoms with van der Waals surface area (Å²) in [5, 5.41) is 12.1. The number of carbonyl (C=O) groups excluding carboxylic acids is 1. The van der Waals surface area contributed by atoms with E-state index < -0.39 is 21.3 Å². The monoisotopic (exact) mass is 300 g/mol. The van der Waals surface area contributed by atoms with Crippen LogP contribution in [-0.4, -0.2) is 44.4 Å². The molecule has 2 rings (SSSR count). The largest absolute Gasteiger partial charge is 0.506 e. The summed E-state index contributed by atoms with van der Waals surface area (Å²) in [5.41, 5.74) is 4.74. The lowest BCUT2D eigenvalue weighted by Crippen LogP contribution is -2.51. The van der Waals surface area contributed by atoms with Crippen molar-refractivity contribution < 1.29 is 23.1 Å². The molecule has 1 fully saturated rings. The van der Waals surface area contributed by atoms with Crippen LogP contribution in [0.25, 0.3) is 0 Å². The maximum absolute atomic E-state index is 12.1. The zero-order chi connectivity index (χ0) is 15.0. The maximum atomic E-state index is 12.1. The Hall–Kier alpha value is -1.64. The average molecular weight is 300 g/mol. The number of hydrogen-bond donors (Lipinski definition) is 3. The summed E-state index contributed by atoms with van der Waals surface area (Å²) in [7, 11) is -3.43. The van der Waals surface area contributed by atoms with Gasteiger partial charge in [-0.05, 0) is 24.6 Å². The van der Waals surface area contributed by atoms with Crippen LogP contribution in [0, 0.1) is 0 Å². The van der Waals surface area contributed by atoms with Gasteiger partial charge in [0.25, 0.3) is 0 Å². The molecular formula is C12H16N2O5S. The number of hydrogen-bond acceptors (Lipinski definition) is 6. The Morgan fingerprint density at radius 1 is 1.50 bits per heavy atom. The Bertz CT molecular complexity index is 635. The molecule has 1 amide bonds. The topological polar surface area (TPSA) is 119 Å². The van der Waals surface area contributed by atoms with Crippen LogP contribution in [0.15, 0.2) is 23.1 Å². The number of carbonyl (C=O) groups is 1. The second kappa shape index (κ2) is 5.04. The van der Waals surface area contributed by atoms with E-state index >= 15 is 0 Å². The van der Waals surface area contributed by atoms with E-state index in [1.165, 1.54) is 18.2 Å². The summed E-state index contributed by atoms with van der Waals surface area (Å²) in [6.45, 7) is 0.477. The summed E-state index contributed by atoms with van der Waals surface area (Å²) >= 11 is 0. The SMILES string of the molecule is CS(=O)(=O)c1ccc(O)c(NC(=O)C2(N)CCOC2)c1. The number of amides is 1. The number of benzene rings is 1. The minimum absolute atomic E-state index is 0.000608. The first-order valence-electron chi connectivity index (χ1n) is 5.93. The standard InChI is InChI=1S/C12H16N2O5S/c1-20(17,18)8-2-3-10(15)9(6-8)14-11(16)12(13)4-5-19-7-12/h2-3,6,15H,4-5,7,13H2,1H3,(H,14,16). The molecule has 1 aromatic carbocycles. The van der Waals surface area contributed by atoms with Gasteiger partial charge in [-0.1, -0.05) is 0 Å². The van der Waals surface area contributed by atoms with E-state index in [2.05, 4.69) is 5.32 Å². The number of phenolic OH excluding ortho intramolecular Hbond substituents is 1. The highest BCUT2D eigenvalue weighted by Crippen LogP contribution is 2.28. The molecule has 0 bridgehead atoms. The molecule has 1 saturated heterocycles. The Labute approximate surface area is 116 Å². The van der Waals surface area contributed by atoms with Crippen LogP contribution in [0.4, 0.5) is 5.69 Å². The zero-order valence-corrected chi connectivity index (χ0v) is 11.7. The lowest BCUT2D eigenvalue weighted by molar-refractivity contribution is -0.121. The quantitative estimate of drug-likeness (QED) is 0.668. The zero-order valence-electron chi connectivity index (χ0n) is 10.9. The van der Waals surface area contributed by atoms with Gasteiger partial charge in [0.1, 0.15) is 11.3 Å². The molecule has 1 heterocycles. The molecule has 1 aliphatic rings. The number of nitrogens with one attached hydrogen (secondary N) is 1. The highest BCUT2D eigenvalue weighted by Gasteiger charge is 2.38. The van der Waals surface area contributed by atoms with Crippen LogP contribution < -0.4 is 11.1 Å². The fourth-order valence-electron chi connectivity index (χ4n) is 1.85. The highest BCUT2D eigenvalue weighted by molar-refractivity contribution is 7.90. The van der Waals surface area contributed by atoms with Crippen molar-refractivity contribution in [2.45, 2.75) is 16.9 Å². The predicted molar refractivity (Wildman–Crippen MR) is 72.2 cm³/mol. The summed E-state index contributed by atoms with van der Waals surface area (Å²) < 4.78 is 28.0. The molecule has 0 spiro atoms. The Balaban J connectivity index is 2.27. The summed E-state index contributed by atoms with van der Waals surface area (Å²) in [5.74, 6) is -0.746. The second-order valence-corrected chi connectivity index (χ2v) is 6.88. The molecule has 4 N–H and O–H groups in total. The molecule has 8 heteroatoms.